The van der Waals surface area contributed by atoms with Crippen LogP contribution >= 0.6 is 0 Å². The van der Waals surface area contributed by atoms with Crippen LogP contribution in [0.2, 0.25) is 0 Å². The van der Waals surface area contributed by atoms with Gasteiger partial charge in [0.05, 0.1) is 55.2 Å². The van der Waals surface area contributed by atoms with Gasteiger partial charge in [0.15, 0.2) is 0 Å². The van der Waals surface area contributed by atoms with Crippen molar-refractivity contribution in [2.45, 2.75) is 166 Å². The molecule has 6 aromatic heterocycles. The minimum Gasteiger partial charge on any atom is -0.313 e. The molecule has 0 radical (unpaired) electrons. The Labute approximate surface area is 560 Å². The Morgan fingerprint density at radius 2 is 0.500 bits per heavy atom. The quantitative estimate of drug-likeness (QED) is 0.140. The van der Waals surface area contributed by atoms with Crippen molar-refractivity contribution in [3.05, 3.63) is 215 Å². The first-order valence-electron chi connectivity index (χ1n) is 34.6. The third-order valence-electron chi connectivity index (χ3n) is 15.4. The van der Waals surface area contributed by atoms with Gasteiger partial charge in [-0.3, -0.25) is 8.80 Å². The lowest BCUT2D eigenvalue weighted by Crippen LogP contribution is -1.95. The summed E-state index contributed by atoms with van der Waals surface area (Å²) in [6.45, 7) is 48.5. The molecule has 0 aliphatic rings. The molecule has 0 N–H and O–H groups in total. The van der Waals surface area contributed by atoms with Crippen molar-refractivity contribution >= 4 is 121 Å². The summed E-state index contributed by atoms with van der Waals surface area (Å²) in [6.07, 6.45) is 0. The van der Waals surface area contributed by atoms with Crippen molar-refractivity contribution in [2.24, 2.45) is 14.1 Å². The third kappa shape index (κ3) is 15.1. The Kier molecular flexibility index (Phi) is 28.4. The lowest BCUT2D eigenvalue weighted by atomic mass is 9.96. The monoisotopic (exact) mass is 1250 g/mol. The smallest absolute Gasteiger partial charge is 0.215 e. The minimum absolute atomic E-state index is 0.829. The SMILES string of the molecule is CC.CC.CC.CC.CC.CC.CC.CC.Cc1ccc2c(c1)nc1n(C)c3ccc(C)cc3n21.Cc1ccc2c(c1)nc1n(C)c3ccc(C)cc3n21.Cc1nc(C)c2c3ccccc3c3ccccc3c2n1.Cc1nc(C)c2c3ccccc3c3ccccc3c2n1. The highest BCUT2D eigenvalue weighted by Gasteiger charge is 2.17. The van der Waals surface area contributed by atoms with Crippen LogP contribution < -0.4 is 0 Å². The molecule has 0 saturated carbocycles. The molecule has 6 heterocycles. The van der Waals surface area contributed by atoms with E-state index in [-0.39, 0.29) is 0 Å². The van der Waals surface area contributed by atoms with E-state index < -0.39 is 0 Å². The summed E-state index contributed by atoms with van der Waals surface area (Å²) in [7, 11) is 4.15. The molecule has 16 rings (SSSR count). The standard InChI is InChI=1S/2C18H14N2.2C16H15N3.8C2H6/c2*1-11-17-15-9-5-3-7-13(15)14-8-4-6-10-16(14)18(17)20-12(2)19-11;2*1-10-4-6-13-12(8-10)17-16-18(3)14-7-5-11(2)9-15(14)19(13)16;8*1-2/h2*3-10H,1-2H3;2*4-9H,1-3H3;8*1-2H3. The lowest BCUT2D eigenvalue weighted by molar-refractivity contribution is 0.973. The Hall–Kier alpha value is -9.54. The average molecular weight is 1260 g/mol. The normalized spacial score (nSPS) is 10.2. The average Bonchev–Trinajstić information content (AvgIpc) is 1.03. The van der Waals surface area contributed by atoms with Crippen molar-refractivity contribution in [3.63, 3.8) is 0 Å². The number of imidazole rings is 4. The first-order chi connectivity index (χ1) is 45.8. The summed E-state index contributed by atoms with van der Waals surface area (Å²) >= 11 is 0. The van der Waals surface area contributed by atoms with Crippen LogP contribution in [0, 0.1) is 55.4 Å². The van der Waals surface area contributed by atoms with Gasteiger partial charge >= 0.3 is 0 Å². The number of aryl methyl sites for hydroxylation is 10. The van der Waals surface area contributed by atoms with Crippen LogP contribution in [0.25, 0.3) is 121 Å². The van der Waals surface area contributed by atoms with E-state index in [1.807, 2.05) is 125 Å². The fourth-order valence-corrected chi connectivity index (χ4v) is 11.9. The second kappa shape index (κ2) is 35.5. The number of benzene rings is 10. The fourth-order valence-electron chi connectivity index (χ4n) is 11.9. The summed E-state index contributed by atoms with van der Waals surface area (Å²) in [4.78, 5) is 28.0. The Morgan fingerprint density at radius 3 is 0.809 bits per heavy atom. The summed E-state index contributed by atoms with van der Waals surface area (Å²) in [6, 6.07) is 59.9. The lowest BCUT2D eigenvalue weighted by Gasteiger charge is -2.11. The topological polar surface area (TPSA) is 96.0 Å². The molecular weight excluding hydrogens is 1150 g/mol. The number of aromatic nitrogens is 10. The molecule has 0 unspecified atom stereocenters. The predicted molar refractivity (Wildman–Crippen MR) is 416 cm³/mol. The zero-order chi connectivity index (χ0) is 69.7. The highest BCUT2D eigenvalue weighted by atomic mass is 15.2. The van der Waals surface area contributed by atoms with Gasteiger partial charge < -0.3 is 9.13 Å². The number of fused-ring (bicyclic) bond motifs is 22. The molecule has 0 aliphatic carbocycles. The van der Waals surface area contributed by atoms with Crippen molar-refractivity contribution in [1.82, 2.24) is 47.8 Å². The second-order valence-corrected chi connectivity index (χ2v) is 20.9. The van der Waals surface area contributed by atoms with E-state index in [9.17, 15) is 0 Å². The third-order valence-corrected chi connectivity index (χ3v) is 15.4. The van der Waals surface area contributed by atoms with E-state index in [0.717, 1.165) is 56.7 Å². The molecule has 0 bridgehead atoms. The van der Waals surface area contributed by atoms with Crippen LogP contribution in [0.1, 0.15) is 156 Å². The van der Waals surface area contributed by atoms with Crippen LogP contribution in [-0.2, 0) is 14.1 Å². The molecule has 0 spiro atoms. The van der Waals surface area contributed by atoms with E-state index in [1.54, 1.807) is 0 Å². The summed E-state index contributed by atoms with van der Waals surface area (Å²) < 4.78 is 8.81. The van der Waals surface area contributed by atoms with E-state index in [4.69, 9.17) is 19.9 Å². The maximum absolute atomic E-state index is 4.77. The second-order valence-electron chi connectivity index (χ2n) is 20.9. The van der Waals surface area contributed by atoms with E-state index in [1.165, 1.54) is 109 Å². The van der Waals surface area contributed by atoms with Gasteiger partial charge in [0.2, 0.25) is 11.6 Å². The number of hydrogen-bond acceptors (Lipinski definition) is 6. The number of nitrogens with zero attached hydrogens (tertiary/aromatic N) is 10. The molecule has 10 aromatic carbocycles. The molecule has 0 aliphatic heterocycles. The molecule has 10 nitrogen and oxygen atoms in total. The molecule has 0 fully saturated rings. The van der Waals surface area contributed by atoms with Gasteiger partial charge in [0.1, 0.15) is 11.6 Å². The zero-order valence-electron chi connectivity index (χ0n) is 61.6. The zero-order valence-corrected chi connectivity index (χ0v) is 61.6. The van der Waals surface area contributed by atoms with Gasteiger partial charge in [-0.2, -0.15) is 0 Å². The molecule has 0 saturated heterocycles. The molecule has 16 aromatic rings. The fraction of sp³-hybridized carbons (Fsp3) is 0.310. The van der Waals surface area contributed by atoms with E-state index in [0.29, 0.717) is 0 Å². The van der Waals surface area contributed by atoms with Crippen molar-refractivity contribution < 1.29 is 0 Å². The number of rotatable bonds is 0. The molecule has 0 atom stereocenters. The van der Waals surface area contributed by atoms with Crippen LogP contribution in [0.15, 0.2) is 170 Å². The Balaban J connectivity index is 0.000000212. The van der Waals surface area contributed by atoms with Crippen molar-refractivity contribution in [3.8, 4) is 0 Å². The first kappa shape index (κ1) is 75.2. The molecule has 94 heavy (non-hydrogen) atoms. The highest BCUT2D eigenvalue weighted by Crippen LogP contribution is 2.37. The van der Waals surface area contributed by atoms with Crippen molar-refractivity contribution in [1.29, 1.82) is 0 Å². The Morgan fingerprint density at radius 1 is 0.245 bits per heavy atom. The maximum atomic E-state index is 4.77. The summed E-state index contributed by atoms with van der Waals surface area (Å²) in [5, 5.41) is 12.3. The largest absolute Gasteiger partial charge is 0.313 e. The summed E-state index contributed by atoms with van der Waals surface area (Å²) in [5.74, 6) is 3.66. The molecule has 10 heteroatoms. The van der Waals surface area contributed by atoms with Gasteiger partial charge in [0, 0.05) is 47.0 Å². The van der Waals surface area contributed by atoms with Crippen molar-refractivity contribution in [2.75, 3.05) is 0 Å². The predicted octanol–water partition coefficient (Wildman–Crippen LogP) is 24.5. The first-order valence-corrected chi connectivity index (χ1v) is 34.6. The van der Waals surface area contributed by atoms with Gasteiger partial charge in [-0.1, -0.05) is 232 Å². The Bertz CT molecular complexity index is 4790. The van der Waals surface area contributed by atoms with Gasteiger partial charge in [-0.05, 0) is 158 Å². The molecule has 492 valence electrons. The van der Waals surface area contributed by atoms with Gasteiger partial charge in [-0.25, -0.2) is 29.9 Å². The van der Waals surface area contributed by atoms with Gasteiger partial charge in [-0.15, -0.1) is 0 Å². The van der Waals surface area contributed by atoms with Gasteiger partial charge in [0.25, 0.3) is 0 Å². The van der Waals surface area contributed by atoms with Crippen LogP contribution in [-0.4, -0.2) is 47.8 Å². The molecular formula is C84H106N10. The van der Waals surface area contributed by atoms with E-state index in [2.05, 4.69) is 253 Å². The van der Waals surface area contributed by atoms with Crippen LogP contribution in [0.5, 0.6) is 0 Å². The highest BCUT2D eigenvalue weighted by molar-refractivity contribution is 6.25. The maximum Gasteiger partial charge on any atom is 0.215 e. The van der Waals surface area contributed by atoms with E-state index >= 15 is 0 Å². The minimum atomic E-state index is 0.829. The number of hydrogen-bond donors (Lipinski definition) is 0. The summed E-state index contributed by atoms with van der Waals surface area (Å²) in [5.41, 5.74) is 18.6. The van der Waals surface area contributed by atoms with Crippen LogP contribution in [0.3, 0.4) is 0 Å². The molecule has 0 amide bonds. The van der Waals surface area contributed by atoms with Crippen LogP contribution in [0.4, 0.5) is 0 Å².